The van der Waals surface area contributed by atoms with Crippen molar-refractivity contribution in [2.45, 2.75) is 0 Å². The van der Waals surface area contributed by atoms with E-state index in [1.807, 2.05) is 36.8 Å². The molecule has 3 heteroatoms. The number of aromatic nitrogens is 3. The molecule has 3 nitrogen and oxygen atoms in total. The Hall–Kier alpha value is -5.93. The molecular formula is C41H23N3. The van der Waals surface area contributed by atoms with Crippen LogP contribution in [0.25, 0.3) is 98.1 Å². The highest BCUT2D eigenvalue weighted by molar-refractivity contribution is 6.37. The molecule has 0 N–H and O–H groups in total. The fourth-order valence-corrected chi connectivity index (χ4v) is 7.29. The number of benzene rings is 7. The number of hydrogen-bond acceptors (Lipinski definition) is 3. The van der Waals surface area contributed by atoms with Gasteiger partial charge in [0.05, 0.1) is 5.52 Å². The molecule has 0 atom stereocenters. The molecule has 44 heavy (non-hydrogen) atoms. The van der Waals surface area contributed by atoms with Crippen molar-refractivity contribution >= 4 is 75.5 Å². The van der Waals surface area contributed by atoms with Crippen molar-refractivity contribution < 1.29 is 0 Å². The highest BCUT2D eigenvalue weighted by atomic mass is 14.9. The number of fused-ring (bicyclic) bond motifs is 3. The second kappa shape index (κ2) is 8.79. The molecule has 0 saturated carbocycles. The van der Waals surface area contributed by atoms with Crippen molar-refractivity contribution in [2.75, 3.05) is 0 Å². The van der Waals surface area contributed by atoms with Crippen LogP contribution in [0.2, 0.25) is 0 Å². The van der Waals surface area contributed by atoms with E-state index in [9.17, 15) is 0 Å². The van der Waals surface area contributed by atoms with Crippen LogP contribution in [0.4, 0.5) is 0 Å². The Labute approximate surface area is 252 Å². The summed E-state index contributed by atoms with van der Waals surface area (Å²) in [4.78, 5) is 14.1. The first-order valence-electron chi connectivity index (χ1n) is 14.9. The molecular weight excluding hydrogens is 534 g/mol. The van der Waals surface area contributed by atoms with Crippen molar-refractivity contribution in [3.8, 4) is 22.5 Å². The van der Waals surface area contributed by atoms with E-state index in [1.165, 1.54) is 64.6 Å². The first-order valence-corrected chi connectivity index (χ1v) is 14.9. The van der Waals surface area contributed by atoms with Crippen LogP contribution >= 0.6 is 0 Å². The average Bonchev–Trinajstić information content (AvgIpc) is 3.09. The summed E-state index contributed by atoms with van der Waals surface area (Å²) in [6, 6.07) is 44.0. The molecule has 0 aliphatic carbocycles. The van der Waals surface area contributed by atoms with Gasteiger partial charge in [-0.2, -0.15) is 0 Å². The monoisotopic (exact) mass is 557 g/mol. The lowest BCUT2D eigenvalue weighted by Crippen LogP contribution is -1.92. The van der Waals surface area contributed by atoms with E-state index < -0.39 is 0 Å². The molecule has 10 rings (SSSR count). The van der Waals surface area contributed by atoms with Crippen molar-refractivity contribution in [3.63, 3.8) is 0 Å². The summed E-state index contributed by atoms with van der Waals surface area (Å²) in [6.45, 7) is 0. The van der Waals surface area contributed by atoms with Gasteiger partial charge >= 0.3 is 0 Å². The van der Waals surface area contributed by atoms with Gasteiger partial charge in [-0.05, 0) is 107 Å². The first kappa shape index (κ1) is 23.6. The van der Waals surface area contributed by atoms with Crippen LogP contribution in [0.3, 0.4) is 0 Å². The Morgan fingerprint density at radius 2 is 0.886 bits per heavy atom. The maximum absolute atomic E-state index is 4.83. The minimum atomic E-state index is 0.707. The summed E-state index contributed by atoms with van der Waals surface area (Å²) >= 11 is 0. The van der Waals surface area contributed by atoms with Crippen LogP contribution < -0.4 is 0 Å². The molecule has 0 fully saturated rings. The van der Waals surface area contributed by atoms with Gasteiger partial charge in [0, 0.05) is 35.1 Å². The standard InChI is InChI=1S/C41H23N3/c1-5-24-12-13-25-7-3-11-34-35-21-30(31-22-43-41(44-23-31)29-16-17-36-27(19-29)8-4-18-42-36)20-28-15-14-26-6-2-10-33(38(26)40(28)35)32(9-1)37(24)39(25)34/h1-23H. The third kappa shape index (κ3) is 3.29. The smallest absolute Gasteiger partial charge is 0.159 e. The molecule has 0 spiro atoms. The summed E-state index contributed by atoms with van der Waals surface area (Å²) < 4.78 is 0. The normalized spacial score (nSPS) is 12.1. The molecule has 8 aromatic carbocycles. The van der Waals surface area contributed by atoms with Crippen molar-refractivity contribution in [1.82, 2.24) is 15.0 Å². The lowest BCUT2D eigenvalue weighted by atomic mass is 9.87. The van der Waals surface area contributed by atoms with Crippen molar-refractivity contribution in [2.24, 2.45) is 0 Å². The van der Waals surface area contributed by atoms with Gasteiger partial charge in [0.2, 0.25) is 0 Å². The van der Waals surface area contributed by atoms with E-state index in [0.717, 1.165) is 27.6 Å². The maximum atomic E-state index is 4.83. The fourth-order valence-electron chi connectivity index (χ4n) is 7.29. The SMILES string of the molecule is c1cnc2ccc(-c3ncc(-c4cc5ccc6cccc7c8cccc9ccc%10cccc(c(c4)c5c67)c%10c98)cn3)cc2c1. The number of hydrogen-bond donors (Lipinski definition) is 0. The Balaban J connectivity index is 1.29. The Morgan fingerprint density at radius 1 is 0.341 bits per heavy atom. The summed E-state index contributed by atoms with van der Waals surface area (Å²) in [6.07, 6.45) is 5.72. The van der Waals surface area contributed by atoms with Crippen LogP contribution in [0.1, 0.15) is 0 Å². The fraction of sp³-hybridized carbons (Fsp3) is 0. The van der Waals surface area contributed by atoms with Gasteiger partial charge in [-0.15, -0.1) is 0 Å². The van der Waals surface area contributed by atoms with Gasteiger partial charge in [-0.25, -0.2) is 9.97 Å². The predicted molar refractivity (Wildman–Crippen MR) is 184 cm³/mol. The van der Waals surface area contributed by atoms with Gasteiger partial charge < -0.3 is 0 Å². The second-order valence-electron chi connectivity index (χ2n) is 11.7. The number of nitrogens with zero attached hydrogens (tertiary/aromatic N) is 3. The summed E-state index contributed by atoms with van der Waals surface area (Å²) in [5.74, 6) is 0.707. The molecule has 0 amide bonds. The van der Waals surface area contributed by atoms with E-state index in [0.29, 0.717) is 5.82 Å². The van der Waals surface area contributed by atoms with E-state index in [-0.39, 0.29) is 0 Å². The van der Waals surface area contributed by atoms with Gasteiger partial charge in [0.15, 0.2) is 5.82 Å². The summed E-state index contributed by atoms with van der Waals surface area (Å²) in [7, 11) is 0. The topological polar surface area (TPSA) is 38.7 Å². The first-order chi connectivity index (χ1) is 21.8. The lowest BCUT2D eigenvalue weighted by Gasteiger charge is -2.17. The molecule has 2 aromatic heterocycles. The Bertz CT molecular complexity index is 2760. The van der Waals surface area contributed by atoms with E-state index in [4.69, 9.17) is 9.97 Å². The lowest BCUT2D eigenvalue weighted by molar-refractivity contribution is 1.18. The van der Waals surface area contributed by atoms with Crippen LogP contribution in [0.5, 0.6) is 0 Å². The van der Waals surface area contributed by atoms with Crippen LogP contribution in [0.15, 0.2) is 140 Å². The molecule has 2 heterocycles. The molecule has 0 bridgehead atoms. The van der Waals surface area contributed by atoms with Crippen molar-refractivity contribution in [1.29, 1.82) is 0 Å². The molecule has 0 aliphatic rings. The third-order valence-electron chi connectivity index (χ3n) is 9.27. The summed E-state index contributed by atoms with van der Waals surface area (Å²) in [5, 5.41) is 16.4. The minimum absolute atomic E-state index is 0.707. The Morgan fingerprint density at radius 3 is 1.55 bits per heavy atom. The molecule has 0 radical (unpaired) electrons. The third-order valence-corrected chi connectivity index (χ3v) is 9.27. The van der Waals surface area contributed by atoms with Gasteiger partial charge in [-0.1, -0.05) is 84.9 Å². The van der Waals surface area contributed by atoms with Gasteiger partial charge in [0.25, 0.3) is 0 Å². The van der Waals surface area contributed by atoms with Crippen LogP contribution in [0, 0.1) is 0 Å². The van der Waals surface area contributed by atoms with Gasteiger partial charge in [0.1, 0.15) is 0 Å². The quantitative estimate of drug-likeness (QED) is 0.198. The molecule has 0 aliphatic heterocycles. The minimum Gasteiger partial charge on any atom is -0.256 e. The zero-order chi connectivity index (χ0) is 28.8. The van der Waals surface area contributed by atoms with Crippen molar-refractivity contribution in [3.05, 3.63) is 140 Å². The highest BCUT2D eigenvalue weighted by Gasteiger charge is 2.16. The second-order valence-corrected chi connectivity index (χ2v) is 11.7. The maximum Gasteiger partial charge on any atom is 0.159 e. The zero-order valence-electron chi connectivity index (χ0n) is 23.6. The largest absolute Gasteiger partial charge is 0.256 e. The van der Waals surface area contributed by atoms with Crippen LogP contribution in [-0.2, 0) is 0 Å². The Kier molecular flexibility index (Phi) is 4.72. The highest BCUT2D eigenvalue weighted by Crippen LogP contribution is 2.44. The van der Waals surface area contributed by atoms with E-state index in [2.05, 4.69) is 108 Å². The molecule has 0 unspecified atom stereocenters. The summed E-state index contributed by atoms with van der Waals surface area (Å²) in [5.41, 5.74) is 4.05. The van der Waals surface area contributed by atoms with E-state index in [1.54, 1.807) is 0 Å². The van der Waals surface area contributed by atoms with Gasteiger partial charge in [-0.3, -0.25) is 4.98 Å². The molecule has 0 saturated heterocycles. The average molecular weight is 558 g/mol. The number of rotatable bonds is 2. The molecule has 202 valence electrons. The zero-order valence-corrected chi connectivity index (χ0v) is 23.6. The predicted octanol–water partition coefficient (Wildman–Crippen LogP) is 10.7. The molecule has 10 aromatic rings. The van der Waals surface area contributed by atoms with Crippen LogP contribution in [-0.4, -0.2) is 15.0 Å². The number of pyridine rings is 1. The van der Waals surface area contributed by atoms with E-state index >= 15 is 0 Å².